The van der Waals surface area contributed by atoms with Crippen molar-refractivity contribution in [2.75, 3.05) is 32.4 Å². The van der Waals surface area contributed by atoms with E-state index in [1.807, 2.05) is 0 Å². The molecule has 12 nitrogen and oxygen atoms in total. The first-order chi connectivity index (χ1) is 18.4. The zero-order valence-corrected chi connectivity index (χ0v) is 22.7. The molecule has 2 aromatic heterocycles. The topological polar surface area (TPSA) is 142 Å². The molecule has 2 aromatic carbocycles. The Morgan fingerprint density at radius 3 is 2.47 bits per heavy atom. The maximum absolute atomic E-state index is 12.8. The third-order valence-electron chi connectivity index (χ3n) is 5.17. The van der Waals surface area contributed by atoms with E-state index in [-0.39, 0.29) is 24.1 Å². The number of anilines is 1. The molecule has 0 bridgehead atoms. The minimum Gasteiger partial charge on any atom is -0.497 e. The summed E-state index contributed by atoms with van der Waals surface area (Å²) in [7, 11) is 4.64. The van der Waals surface area contributed by atoms with Gasteiger partial charge < -0.3 is 19.5 Å². The van der Waals surface area contributed by atoms with Crippen molar-refractivity contribution in [1.82, 2.24) is 30.3 Å². The normalized spacial score (nSPS) is 10.6. The molecule has 4 rings (SSSR count). The van der Waals surface area contributed by atoms with Crippen LogP contribution in [0.15, 0.2) is 47.6 Å². The van der Waals surface area contributed by atoms with Crippen LogP contribution in [0, 0.1) is 6.92 Å². The van der Waals surface area contributed by atoms with E-state index in [2.05, 4.69) is 31.0 Å². The van der Waals surface area contributed by atoms with Crippen molar-refractivity contribution in [3.8, 4) is 22.9 Å². The fourth-order valence-corrected chi connectivity index (χ4v) is 4.75. The molecule has 0 spiro atoms. The van der Waals surface area contributed by atoms with Gasteiger partial charge in [0, 0.05) is 11.6 Å². The van der Waals surface area contributed by atoms with Gasteiger partial charge in [-0.1, -0.05) is 29.2 Å². The molecule has 0 aliphatic rings. The molecule has 0 saturated carbocycles. The van der Waals surface area contributed by atoms with Gasteiger partial charge in [0.1, 0.15) is 22.3 Å². The number of hydrogen-bond donors (Lipinski definition) is 2. The zero-order chi connectivity index (χ0) is 27.1. The summed E-state index contributed by atoms with van der Waals surface area (Å²) in [5.74, 6) is 1.57. The number of ether oxygens (including phenoxy) is 3. The Bertz CT molecular complexity index is 1440. The van der Waals surface area contributed by atoms with E-state index >= 15 is 0 Å². The van der Waals surface area contributed by atoms with Gasteiger partial charge in [0.15, 0.2) is 11.0 Å². The summed E-state index contributed by atoms with van der Waals surface area (Å²) in [4.78, 5) is 25.4. The molecule has 0 fully saturated rings. The lowest BCUT2D eigenvalue weighted by atomic mass is 10.2. The Morgan fingerprint density at radius 1 is 0.974 bits per heavy atom. The smallest absolute Gasteiger partial charge is 0.251 e. The number of nitrogens with zero attached hydrogens (tertiary/aromatic N) is 5. The summed E-state index contributed by atoms with van der Waals surface area (Å²) < 4.78 is 17.9. The largest absolute Gasteiger partial charge is 0.497 e. The first-order valence-corrected chi connectivity index (χ1v) is 13.0. The first-order valence-electron chi connectivity index (χ1n) is 11.2. The van der Waals surface area contributed by atoms with E-state index in [9.17, 15) is 9.59 Å². The van der Waals surface area contributed by atoms with Gasteiger partial charge in [0.2, 0.25) is 11.0 Å². The minimum absolute atomic E-state index is 0.0409. The van der Waals surface area contributed by atoms with Crippen molar-refractivity contribution in [3.63, 3.8) is 0 Å². The van der Waals surface area contributed by atoms with Crippen LogP contribution in [-0.4, -0.2) is 63.9 Å². The highest BCUT2D eigenvalue weighted by atomic mass is 32.2. The first kappa shape index (κ1) is 26.9. The van der Waals surface area contributed by atoms with E-state index < -0.39 is 0 Å². The quantitative estimate of drug-likeness (QED) is 0.265. The lowest BCUT2D eigenvalue weighted by Gasteiger charge is -2.15. The molecular weight excluding hydrogens is 530 g/mol. The van der Waals surface area contributed by atoms with Gasteiger partial charge in [-0.25, -0.2) is 0 Å². The number of carbonyl (C=O) groups is 2. The summed E-state index contributed by atoms with van der Waals surface area (Å²) in [6, 6.07) is 12.1. The van der Waals surface area contributed by atoms with Crippen LogP contribution in [0.3, 0.4) is 0 Å². The van der Waals surface area contributed by atoms with Crippen LogP contribution in [0.1, 0.15) is 21.2 Å². The van der Waals surface area contributed by atoms with Crippen molar-refractivity contribution >= 4 is 40.0 Å². The summed E-state index contributed by atoms with van der Waals surface area (Å²) in [5.41, 5.74) is 1.03. The average Bonchev–Trinajstić information content (AvgIpc) is 3.55. The molecule has 0 atom stereocenters. The van der Waals surface area contributed by atoms with Crippen molar-refractivity contribution in [2.45, 2.75) is 18.6 Å². The van der Waals surface area contributed by atoms with E-state index in [0.29, 0.717) is 44.6 Å². The Hall–Kier alpha value is -4.17. The van der Waals surface area contributed by atoms with Gasteiger partial charge in [-0.05, 0) is 37.3 Å². The maximum atomic E-state index is 12.8. The van der Waals surface area contributed by atoms with Crippen LogP contribution in [-0.2, 0) is 11.3 Å². The van der Waals surface area contributed by atoms with Crippen molar-refractivity contribution < 1.29 is 23.8 Å². The number of aromatic nitrogens is 5. The number of methoxy groups -OCH3 is 3. The molecular formula is C24H25N7O5S2. The number of benzene rings is 2. The number of hydrogen-bond acceptors (Lipinski definition) is 11. The molecule has 0 unspecified atom stereocenters. The molecule has 0 aliphatic heterocycles. The van der Waals surface area contributed by atoms with E-state index in [1.54, 1.807) is 68.2 Å². The number of aryl methyl sites for hydroxylation is 1. The molecule has 0 saturated heterocycles. The summed E-state index contributed by atoms with van der Waals surface area (Å²) in [6.45, 7) is 1.86. The predicted octanol–water partition coefficient (Wildman–Crippen LogP) is 3.11. The third-order valence-corrected chi connectivity index (χ3v) is 6.85. The fraction of sp³-hybridized carbons (Fsp3) is 0.250. The summed E-state index contributed by atoms with van der Waals surface area (Å²) in [5, 5.41) is 23.6. The van der Waals surface area contributed by atoms with Gasteiger partial charge in [0.05, 0.1) is 39.3 Å². The highest BCUT2D eigenvalue weighted by Gasteiger charge is 2.21. The average molecular weight is 556 g/mol. The number of rotatable bonds is 11. The Balaban J connectivity index is 1.59. The molecule has 0 radical (unpaired) electrons. The number of carbonyl (C=O) groups excluding carboxylic acids is 2. The highest BCUT2D eigenvalue weighted by Crippen LogP contribution is 2.32. The third kappa shape index (κ3) is 6.39. The minimum atomic E-state index is -0.308. The van der Waals surface area contributed by atoms with Crippen LogP contribution in [0.4, 0.5) is 5.13 Å². The fourth-order valence-electron chi connectivity index (χ4n) is 3.38. The highest BCUT2D eigenvalue weighted by molar-refractivity contribution is 7.99. The lowest BCUT2D eigenvalue weighted by molar-refractivity contribution is -0.113. The van der Waals surface area contributed by atoms with E-state index in [0.717, 1.165) is 5.01 Å². The van der Waals surface area contributed by atoms with Crippen LogP contribution in [0.2, 0.25) is 0 Å². The number of thioether (sulfide) groups is 1. The second kappa shape index (κ2) is 12.4. The van der Waals surface area contributed by atoms with E-state index in [1.165, 1.54) is 30.2 Å². The Morgan fingerprint density at radius 2 is 1.76 bits per heavy atom. The number of amides is 2. The standard InChI is InChI=1S/C24H25N7O5S2/c1-14-27-29-23(38-14)26-21(32)13-37-24-30-28-20(12-25-22(33)15-6-5-7-16(10-15)34-2)31(24)18-11-17(35-3)8-9-19(18)36-4/h5-11H,12-13H2,1-4H3,(H,25,33)(H,26,29,32). The summed E-state index contributed by atoms with van der Waals surface area (Å²) in [6.07, 6.45) is 0. The van der Waals surface area contributed by atoms with Crippen LogP contribution >= 0.6 is 23.1 Å². The summed E-state index contributed by atoms with van der Waals surface area (Å²) >= 11 is 2.46. The zero-order valence-electron chi connectivity index (χ0n) is 21.0. The van der Waals surface area contributed by atoms with Crippen molar-refractivity contribution in [2.24, 2.45) is 0 Å². The van der Waals surface area contributed by atoms with Crippen molar-refractivity contribution in [1.29, 1.82) is 0 Å². The lowest BCUT2D eigenvalue weighted by Crippen LogP contribution is -2.24. The van der Waals surface area contributed by atoms with Gasteiger partial charge >= 0.3 is 0 Å². The molecule has 38 heavy (non-hydrogen) atoms. The predicted molar refractivity (Wildman–Crippen MR) is 143 cm³/mol. The Labute approximate surface area is 226 Å². The molecule has 0 aliphatic carbocycles. The van der Waals surface area contributed by atoms with Gasteiger partial charge in [0.25, 0.3) is 5.91 Å². The second-order valence-electron chi connectivity index (χ2n) is 7.65. The van der Waals surface area contributed by atoms with Crippen molar-refractivity contribution in [3.05, 3.63) is 58.9 Å². The molecule has 2 N–H and O–H groups in total. The monoisotopic (exact) mass is 555 g/mol. The Kier molecular flexibility index (Phi) is 8.76. The number of nitrogens with one attached hydrogen (secondary N) is 2. The van der Waals surface area contributed by atoms with Crippen LogP contribution in [0.5, 0.6) is 17.2 Å². The molecule has 14 heteroatoms. The molecule has 4 aromatic rings. The van der Waals surface area contributed by atoms with E-state index in [4.69, 9.17) is 14.2 Å². The molecule has 2 heterocycles. The van der Waals surface area contributed by atoms with Gasteiger partial charge in [-0.2, -0.15) is 0 Å². The molecule has 198 valence electrons. The second-order valence-corrected chi connectivity index (χ2v) is 9.77. The SMILES string of the molecule is COc1cccc(C(=O)NCc2nnc(SCC(=O)Nc3nnc(C)s3)n2-c2cc(OC)ccc2OC)c1. The van der Waals surface area contributed by atoms with Gasteiger partial charge in [-0.15, -0.1) is 20.4 Å². The van der Waals surface area contributed by atoms with Crippen LogP contribution in [0.25, 0.3) is 5.69 Å². The maximum Gasteiger partial charge on any atom is 0.251 e. The van der Waals surface area contributed by atoms with Crippen LogP contribution < -0.4 is 24.8 Å². The molecule has 2 amide bonds. The van der Waals surface area contributed by atoms with Gasteiger partial charge in [-0.3, -0.25) is 19.5 Å².